The molecule has 0 aliphatic carbocycles. The molecule has 6 nitrogen and oxygen atoms in total. The smallest absolute Gasteiger partial charge is 0.162 e. The Morgan fingerprint density at radius 2 is 2.00 bits per heavy atom. The highest BCUT2D eigenvalue weighted by Gasteiger charge is 2.19. The van der Waals surface area contributed by atoms with Crippen LogP contribution < -0.4 is 10.6 Å². The van der Waals surface area contributed by atoms with Gasteiger partial charge in [0.15, 0.2) is 5.82 Å². The zero-order chi connectivity index (χ0) is 14.4. The molecule has 0 saturated heterocycles. The number of ether oxygens (including phenoxy) is 1. The molecule has 0 saturated carbocycles. The van der Waals surface area contributed by atoms with Gasteiger partial charge in [-0.1, -0.05) is 13.8 Å². The van der Waals surface area contributed by atoms with Gasteiger partial charge in [-0.05, 0) is 18.4 Å². The number of methoxy groups -OCH3 is 1. The fraction of sp³-hybridized carbons (Fsp3) is 0.615. The van der Waals surface area contributed by atoms with Gasteiger partial charge in [0, 0.05) is 20.7 Å². The maximum Gasteiger partial charge on any atom is 0.162 e. The summed E-state index contributed by atoms with van der Waals surface area (Å²) in [6, 6.07) is 0. The monoisotopic (exact) mass is 265 g/mol. The first-order valence-electron chi connectivity index (χ1n) is 6.49. The summed E-state index contributed by atoms with van der Waals surface area (Å²) in [7, 11) is 3.56. The molecule has 0 aliphatic rings. The molecule has 3 N–H and O–H groups in total. The van der Waals surface area contributed by atoms with Crippen molar-refractivity contribution in [3.63, 3.8) is 0 Å². The number of nitrogens with one attached hydrogen (secondary N) is 1. The van der Waals surface area contributed by atoms with Crippen LogP contribution in [0.2, 0.25) is 0 Å². The van der Waals surface area contributed by atoms with Crippen LogP contribution in [-0.2, 0) is 17.6 Å². The van der Waals surface area contributed by atoms with Crippen molar-refractivity contribution in [1.82, 2.24) is 10.2 Å². The van der Waals surface area contributed by atoms with Crippen LogP contribution >= 0.6 is 0 Å². The Bertz CT molecular complexity index is 447. The van der Waals surface area contributed by atoms with Crippen LogP contribution in [0, 0.1) is 5.41 Å². The first-order chi connectivity index (χ1) is 9.06. The van der Waals surface area contributed by atoms with E-state index in [-0.39, 0.29) is 5.84 Å². The molecule has 0 radical (unpaired) electrons. The number of hydrogen-bond acceptors (Lipinski definition) is 5. The number of hydrogen-bond donors (Lipinski definition) is 2. The van der Waals surface area contributed by atoms with Crippen LogP contribution in [0.3, 0.4) is 0 Å². The Hall–Kier alpha value is -1.69. The molecule has 0 amide bonds. The molecule has 1 rings (SSSR count). The molecule has 106 valence electrons. The van der Waals surface area contributed by atoms with Crippen LogP contribution in [0.15, 0.2) is 0 Å². The van der Waals surface area contributed by atoms with E-state index in [1.807, 2.05) is 25.8 Å². The lowest BCUT2D eigenvalue weighted by atomic mass is 10.0. The van der Waals surface area contributed by atoms with Gasteiger partial charge in [-0.15, -0.1) is 5.10 Å². The van der Waals surface area contributed by atoms with E-state index >= 15 is 0 Å². The Balaban J connectivity index is 3.27. The molecule has 0 atom stereocenters. The second-order valence-corrected chi connectivity index (χ2v) is 4.36. The predicted molar refractivity (Wildman–Crippen MR) is 77.0 cm³/mol. The number of likely N-dealkylation sites (N-methyl/N-ethyl adjacent to an activating group) is 1. The van der Waals surface area contributed by atoms with Crippen molar-refractivity contribution >= 4 is 11.7 Å². The average Bonchev–Trinajstić information content (AvgIpc) is 2.42. The number of aryl methyl sites for hydroxylation is 1. The molecule has 6 heteroatoms. The maximum absolute atomic E-state index is 7.81. The lowest BCUT2D eigenvalue weighted by molar-refractivity contribution is 0.206. The second-order valence-electron chi connectivity index (χ2n) is 4.36. The van der Waals surface area contributed by atoms with Crippen molar-refractivity contribution in [2.75, 3.05) is 32.2 Å². The van der Waals surface area contributed by atoms with Gasteiger partial charge in [0.2, 0.25) is 0 Å². The van der Waals surface area contributed by atoms with Gasteiger partial charge in [0.1, 0.15) is 5.84 Å². The quantitative estimate of drug-likeness (QED) is 0.566. The summed E-state index contributed by atoms with van der Waals surface area (Å²) in [6.07, 6.45) is 1.58. The van der Waals surface area contributed by atoms with Gasteiger partial charge in [-0.2, -0.15) is 5.10 Å². The zero-order valence-corrected chi connectivity index (χ0v) is 12.2. The van der Waals surface area contributed by atoms with Gasteiger partial charge in [-0.25, -0.2) is 0 Å². The Kier molecular flexibility index (Phi) is 5.69. The predicted octanol–water partition coefficient (Wildman–Crippen LogP) is 0.968. The van der Waals surface area contributed by atoms with E-state index in [9.17, 15) is 0 Å². The summed E-state index contributed by atoms with van der Waals surface area (Å²) in [4.78, 5) is 1.92. The molecule has 1 aromatic heterocycles. The van der Waals surface area contributed by atoms with Gasteiger partial charge in [-0.3, -0.25) is 5.41 Å². The molecule has 0 spiro atoms. The van der Waals surface area contributed by atoms with E-state index in [2.05, 4.69) is 10.2 Å². The van der Waals surface area contributed by atoms with E-state index in [1.54, 1.807) is 7.11 Å². The molecular formula is C13H23N5O. The normalized spacial score (nSPS) is 10.5. The lowest BCUT2D eigenvalue weighted by Crippen LogP contribution is -2.29. The third-order valence-electron chi connectivity index (χ3n) is 3.09. The third-order valence-corrected chi connectivity index (χ3v) is 3.09. The van der Waals surface area contributed by atoms with Crippen molar-refractivity contribution in [1.29, 1.82) is 5.41 Å². The van der Waals surface area contributed by atoms with Gasteiger partial charge in [0.05, 0.1) is 17.9 Å². The highest BCUT2D eigenvalue weighted by Crippen LogP contribution is 2.22. The molecule has 19 heavy (non-hydrogen) atoms. The van der Waals surface area contributed by atoms with E-state index in [1.165, 1.54) is 0 Å². The first-order valence-corrected chi connectivity index (χ1v) is 6.49. The van der Waals surface area contributed by atoms with E-state index < -0.39 is 0 Å². The fourth-order valence-electron chi connectivity index (χ4n) is 2.05. The molecule has 0 aliphatic heterocycles. The van der Waals surface area contributed by atoms with E-state index in [4.69, 9.17) is 15.9 Å². The Labute approximate surface area is 114 Å². The summed E-state index contributed by atoms with van der Waals surface area (Å²) in [5.41, 5.74) is 8.37. The second kappa shape index (κ2) is 7.04. The van der Waals surface area contributed by atoms with Crippen molar-refractivity contribution in [2.24, 2.45) is 5.73 Å². The number of aromatic nitrogens is 2. The standard InChI is InChI=1S/C13H23N5O/c1-5-9-10(6-2)16-17-13(11(9)12(14)15)18(3)7-8-19-4/h5-8H2,1-4H3,(H3,14,15). The van der Waals surface area contributed by atoms with Gasteiger partial charge >= 0.3 is 0 Å². The van der Waals surface area contributed by atoms with Crippen LogP contribution in [0.5, 0.6) is 0 Å². The van der Waals surface area contributed by atoms with Crippen molar-refractivity contribution in [3.8, 4) is 0 Å². The summed E-state index contributed by atoms with van der Waals surface area (Å²) >= 11 is 0. The Morgan fingerprint density at radius 3 is 2.47 bits per heavy atom. The van der Waals surface area contributed by atoms with Gasteiger partial charge < -0.3 is 15.4 Å². The van der Waals surface area contributed by atoms with Crippen LogP contribution in [-0.4, -0.2) is 43.3 Å². The minimum atomic E-state index is 0.0423. The fourth-order valence-corrected chi connectivity index (χ4v) is 2.05. The average molecular weight is 265 g/mol. The SMILES string of the molecule is CCc1nnc(N(C)CCOC)c(C(=N)N)c1CC. The van der Waals surface area contributed by atoms with Crippen molar-refractivity contribution < 1.29 is 4.74 Å². The first kappa shape index (κ1) is 15.4. The number of amidine groups is 1. The van der Waals surface area contributed by atoms with E-state index in [0.29, 0.717) is 24.5 Å². The number of nitrogen functional groups attached to an aromatic ring is 1. The van der Waals surface area contributed by atoms with Crippen LogP contribution in [0.25, 0.3) is 0 Å². The minimum Gasteiger partial charge on any atom is -0.384 e. The number of nitrogens with zero attached hydrogens (tertiary/aromatic N) is 3. The third kappa shape index (κ3) is 3.41. The topological polar surface area (TPSA) is 88.1 Å². The molecule has 0 unspecified atom stereocenters. The largest absolute Gasteiger partial charge is 0.384 e. The maximum atomic E-state index is 7.81. The van der Waals surface area contributed by atoms with Crippen molar-refractivity contribution in [3.05, 3.63) is 16.8 Å². The molecule has 0 fully saturated rings. The van der Waals surface area contributed by atoms with Crippen molar-refractivity contribution in [2.45, 2.75) is 26.7 Å². The summed E-state index contributed by atoms with van der Waals surface area (Å²) in [5, 5.41) is 16.3. The summed E-state index contributed by atoms with van der Waals surface area (Å²) in [6.45, 7) is 5.34. The highest BCUT2D eigenvalue weighted by atomic mass is 16.5. The molecule has 0 bridgehead atoms. The Morgan fingerprint density at radius 1 is 1.32 bits per heavy atom. The minimum absolute atomic E-state index is 0.0423. The summed E-state index contributed by atoms with van der Waals surface area (Å²) < 4.78 is 5.06. The summed E-state index contributed by atoms with van der Waals surface area (Å²) in [5.74, 6) is 0.694. The molecular weight excluding hydrogens is 242 g/mol. The van der Waals surface area contributed by atoms with Crippen LogP contribution in [0.4, 0.5) is 5.82 Å². The zero-order valence-electron chi connectivity index (χ0n) is 12.2. The number of rotatable bonds is 7. The number of anilines is 1. The molecule has 1 aromatic rings. The number of nitrogens with two attached hydrogens (primary N) is 1. The van der Waals surface area contributed by atoms with Gasteiger partial charge in [0.25, 0.3) is 0 Å². The molecule has 0 aromatic carbocycles. The highest BCUT2D eigenvalue weighted by molar-refractivity contribution is 6.01. The van der Waals surface area contributed by atoms with E-state index in [0.717, 1.165) is 24.1 Å². The van der Waals surface area contributed by atoms with Crippen LogP contribution in [0.1, 0.15) is 30.7 Å². The molecule has 1 heterocycles. The lowest BCUT2D eigenvalue weighted by Gasteiger charge is -2.22.